The zero-order chi connectivity index (χ0) is 12.3. The molecule has 0 atom stereocenters. The number of esters is 1. The quantitative estimate of drug-likeness (QED) is 0.817. The summed E-state index contributed by atoms with van der Waals surface area (Å²) in [5.41, 5.74) is 1.00. The number of aromatic nitrogens is 2. The molecule has 0 aromatic carbocycles. The molecule has 0 spiro atoms. The average Bonchev–Trinajstić information content (AvgIpc) is 2.76. The first-order valence-corrected chi connectivity index (χ1v) is 6.56. The van der Waals surface area contributed by atoms with E-state index in [0.29, 0.717) is 6.61 Å². The van der Waals surface area contributed by atoms with E-state index in [-0.39, 0.29) is 5.69 Å². The Kier molecular flexibility index (Phi) is 3.86. The van der Waals surface area contributed by atoms with Crippen LogP contribution < -0.4 is 0 Å². The number of hydrogen-bond acceptors (Lipinski definition) is 5. The van der Waals surface area contributed by atoms with Crippen LogP contribution in [0, 0.1) is 0 Å². The first-order chi connectivity index (χ1) is 8.20. The molecule has 88 valence electrons. The van der Waals surface area contributed by atoms with Crippen LogP contribution in [0.3, 0.4) is 0 Å². The average molecular weight is 313 g/mol. The van der Waals surface area contributed by atoms with Crippen LogP contribution in [-0.4, -0.2) is 22.5 Å². The van der Waals surface area contributed by atoms with E-state index in [1.807, 2.05) is 12.1 Å². The molecule has 0 unspecified atom stereocenters. The third kappa shape index (κ3) is 2.89. The number of carbonyl (C=O) groups is 1. The van der Waals surface area contributed by atoms with Crippen molar-refractivity contribution in [1.82, 2.24) is 9.97 Å². The van der Waals surface area contributed by atoms with E-state index in [4.69, 9.17) is 4.74 Å². The molecule has 0 aliphatic carbocycles. The number of hydrogen-bond donors (Lipinski definition) is 0. The molecule has 0 radical (unpaired) electrons. The Bertz CT molecular complexity index is 542. The van der Waals surface area contributed by atoms with Gasteiger partial charge < -0.3 is 4.74 Å². The lowest BCUT2D eigenvalue weighted by molar-refractivity contribution is 0.0519. The maximum Gasteiger partial charge on any atom is 0.357 e. The molecule has 2 aromatic rings. The van der Waals surface area contributed by atoms with Gasteiger partial charge in [-0.15, -0.1) is 11.3 Å². The fourth-order valence-electron chi connectivity index (χ4n) is 1.26. The van der Waals surface area contributed by atoms with Crippen molar-refractivity contribution in [3.05, 3.63) is 34.0 Å². The second-order valence-electron chi connectivity index (χ2n) is 3.11. The van der Waals surface area contributed by atoms with Crippen molar-refractivity contribution >= 4 is 33.2 Å². The van der Waals surface area contributed by atoms with Crippen molar-refractivity contribution in [2.75, 3.05) is 6.61 Å². The normalized spacial score (nSPS) is 10.2. The Hall–Kier alpha value is -1.27. The molecule has 2 rings (SSSR count). The van der Waals surface area contributed by atoms with Gasteiger partial charge in [0.05, 0.1) is 21.0 Å². The highest BCUT2D eigenvalue weighted by Gasteiger charge is 2.11. The molecule has 0 fully saturated rings. The number of thiophene rings is 1. The van der Waals surface area contributed by atoms with Gasteiger partial charge in [0.1, 0.15) is 6.33 Å². The van der Waals surface area contributed by atoms with Crippen molar-refractivity contribution in [2.24, 2.45) is 0 Å². The first kappa shape index (κ1) is 12.2. The molecule has 0 aliphatic rings. The molecule has 0 aliphatic heterocycles. The van der Waals surface area contributed by atoms with Crippen LogP contribution in [0.2, 0.25) is 0 Å². The Morgan fingerprint density at radius 2 is 2.29 bits per heavy atom. The maximum absolute atomic E-state index is 11.5. The first-order valence-electron chi connectivity index (χ1n) is 4.95. The largest absolute Gasteiger partial charge is 0.461 e. The zero-order valence-electron chi connectivity index (χ0n) is 9.01. The van der Waals surface area contributed by atoms with Gasteiger partial charge in [0.25, 0.3) is 0 Å². The monoisotopic (exact) mass is 312 g/mol. The molecular formula is C11H9BrN2O2S. The molecule has 2 aromatic heterocycles. The van der Waals surface area contributed by atoms with Crippen LogP contribution in [0.15, 0.2) is 28.3 Å². The van der Waals surface area contributed by atoms with Crippen LogP contribution in [0.5, 0.6) is 0 Å². The van der Waals surface area contributed by atoms with Crippen molar-refractivity contribution < 1.29 is 9.53 Å². The van der Waals surface area contributed by atoms with Crippen molar-refractivity contribution in [3.63, 3.8) is 0 Å². The van der Waals surface area contributed by atoms with Gasteiger partial charge in [-0.05, 0) is 41.1 Å². The Balaban J connectivity index is 2.31. The Morgan fingerprint density at radius 3 is 2.94 bits per heavy atom. The fraction of sp³-hybridized carbons (Fsp3) is 0.182. The second kappa shape index (κ2) is 5.37. The van der Waals surface area contributed by atoms with Gasteiger partial charge in [-0.1, -0.05) is 0 Å². The molecular weight excluding hydrogens is 304 g/mol. The summed E-state index contributed by atoms with van der Waals surface area (Å²) in [5, 5.41) is 0. The van der Waals surface area contributed by atoms with Crippen LogP contribution in [0.1, 0.15) is 17.4 Å². The minimum Gasteiger partial charge on any atom is -0.461 e. The number of carbonyl (C=O) groups excluding carboxylic acids is 1. The minimum atomic E-state index is -0.424. The highest BCUT2D eigenvalue weighted by atomic mass is 79.9. The summed E-state index contributed by atoms with van der Waals surface area (Å²) in [6.07, 6.45) is 1.37. The lowest BCUT2D eigenvalue weighted by Gasteiger charge is -2.01. The van der Waals surface area contributed by atoms with E-state index in [1.54, 1.807) is 24.3 Å². The van der Waals surface area contributed by atoms with Gasteiger partial charge in [0.2, 0.25) is 0 Å². The fourth-order valence-corrected chi connectivity index (χ4v) is 2.61. The van der Waals surface area contributed by atoms with Crippen LogP contribution in [0.25, 0.3) is 10.6 Å². The third-order valence-corrected chi connectivity index (χ3v) is 3.62. The summed E-state index contributed by atoms with van der Waals surface area (Å²) in [6.45, 7) is 2.10. The molecule has 0 saturated heterocycles. The lowest BCUT2D eigenvalue weighted by atomic mass is 10.3. The van der Waals surface area contributed by atoms with Crippen molar-refractivity contribution in [1.29, 1.82) is 0 Å². The highest BCUT2D eigenvalue weighted by Crippen LogP contribution is 2.29. The smallest absolute Gasteiger partial charge is 0.357 e. The standard InChI is InChI=1S/C11H9BrN2O2S/c1-2-16-11(15)8-5-7(13-6-14-8)9-3-4-10(12)17-9/h3-6H,2H2,1H3. The molecule has 4 nitrogen and oxygen atoms in total. The van der Waals surface area contributed by atoms with Crippen LogP contribution in [-0.2, 0) is 4.74 Å². The van der Waals surface area contributed by atoms with Crippen LogP contribution >= 0.6 is 27.3 Å². The van der Waals surface area contributed by atoms with Gasteiger partial charge in [0, 0.05) is 0 Å². The summed E-state index contributed by atoms with van der Waals surface area (Å²) in [4.78, 5) is 20.5. The molecule has 0 N–H and O–H groups in total. The Labute approximate surface area is 111 Å². The summed E-state index contributed by atoms with van der Waals surface area (Å²) in [5.74, 6) is -0.424. The SMILES string of the molecule is CCOC(=O)c1cc(-c2ccc(Br)s2)ncn1. The van der Waals surface area contributed by atoms with E-state index in [0.717, 1.165) is 14.4 Å². The molecule has 2 heterocycles. The minimum absolute atomic E-state index is 0.279. The summed E-state index contributed by atoms with van der Waals surface area (Å²) in [7, 11) is 0. The van der Waals surface area contributed by atoms with Gasteiger partial charge in [-0.25, -0.2) is 14.8 Å². The van der Waals surface area contributed by atoms with E-state index in [1.165, 1.54) is 6.33 Å². The summed E-state index contributed by atoms with van der Waals surface area (Å²) < 4.78 is 5.91. The predicted octanol–water partition coefficient (Wildman–Crippen LogP) is 3.14. The van der Waals surface area contributed by atoms with Crippen molar-refractivity contribution in [2.45, 2.75) is 6.92 Å². The Morgan fingerprint density at radius 1 is 1.47 bits per heavy atom. The van der Waals surface area contributed by atoms with E-state index in [2.05, 4.69) is 25.9 Å². The van der Waals surface area contributed by atoms with Crippen molar-refractivity contribution in [3.8, 4) is 10.6 Å². The maximum atomic E-state index is 11.5. The summed E-state index contributed by atoms with van der Waals surface area (Å²) in [6, 6.07) is 5.51. The van der Waals surface area contributed by atoms with Crippen LogP contribution in [0.4, 0.5) is 0 Å². The number of halogens is 1. The lowest BCUT2D eigenvalue weighted by Crippen LogP contribution is -2.07. The third-order valence-electron chi connectivity index (χ3n) is 1.98. The predicted molar refractivity (Wildman–Crippen MR) is 69.0 cm³/mol. The van der Waals surface area contributed by atoms with Gasteiger partial charge in [0.15, 0.2) is 5.69 Å². The van der Waals surface area contributed by atoms with E-state index >= 15 is 0 Å². The van der Waals surface area contributed by atoms with Gasteiger partial charge >= 0.3 is 5.97 Å². The second-order valence-corrected chi connectivity index (χ2v) is 5.58. The number of rotatable bonds is 3. The van der Waals surface area contributed by atoms with Gasteiger partial charge in [-0.2, -0.15) is 0 Å². The molecule has 0 bridgehead atoms. The highest BCUT2D eigenvalue weighted by molar-refractivity contribution is 9.11. The number of nitrogens with zero attached hydrogens (tertiary/aromatic N) is 2. The van der Waals surface area contributed by atoms with E-state index in [9.17, 15) is 4.79 Å². The topological polar surface area (TPSA) is 52.1 Å². The van der Waals surface area contributed by atoms with Gasteiger partial charge in [-0.3, -0.25) is 0 Å². The molecule has 17 heavy (non-hydrogen) atoms. The zero-order valence-corrected chi connectivity index (χ0v) is 11.4. The number of ether oxygens (including phenoxy) is 1. The molecule has 6 heteroatoms. The summed E-state index contributed by atoms with van der Waals surface area (Å²) >= 11 is 4.93. The molecule has 0 amide bonds. The van der Waals surface area contributed by atoms with E-state index < -0.39 is 5.97 Å². The molecule has 0 saturated carbocycles.